The maximum Gasteiger partial charge on any atom is 0.303 e. The van der Waals surface area contributed by atoms with Gasteiger partial charge in [-0.3, -0.25) is 0 Å². The Balaban J connectivity index is 1.71. The Morgan fingerprint density at radius 2 is 2.16 bits per heavy atom. The van der Waals surface area contributed by atoms with Gasteiger partial charge >= 0.3 is 6.02 Å². The fraction of sp³-hybridized carbons (Fsp3) is 0.167. The fourth-order valence-electron chi connectivity index (χ4n) is 2.25. The molecule has 3 aromatic rings. The number of benzene rings is 2. The van der Waals surface area contributed by atoms with Crippen molar-refractivity contribution in [3.8, 4) is 11.9 Å². The van der Waals surface area contributed by atoms with Gasteiger partial charge in [0, 0.05) is 0 Å². The molecule has 0 amide bonds. The average Bonchev–Trinajstić information content (AvgIpc) is 3.04. The number of ether oxygens (including phenoxy) is 2. The molecule has 0 atom stereocenters. The summed E-state index contributed by atoms with van der Waals surface area (Å²) >= 11 is 1.63. The van der Waals surface area contributed by atoms with E-state index in [0.29, 0.717) is 12.3 Å². The molecule has 0 aliphatic carbocycles. The van der Waals surface area contributed by atoms with Gasteiger partial charge < -0.3 is 9.47 Å². The summed E-state index contributed by atoms with van der Waals surface area (Å²) in [6.45, 7) is 2.34. The molecule has 2 aromatic carbocycles. The summed E-state index contributed by atoms with van der Waals surface area (Å²) in [5.74, 6) is 0.739. The van der Waals surface area contributed by atoms with Crippen molar-refractivity contribution in [2.24, 2.45) is 4.99 Å². The van der Waals surface area contributed by atoms with Gasteiger partial charge in [-0.05, 0) is 42.8 Å². The number of aliphatic imine (C=N–C) groups is 1. The molecule has 0 saturated carbocycles. The Kier molecular flexibility index (Phi) is 5.11. The number of thiazole rings is 1. The third-order valence-corrected chi connectivity index (χ3v) is 4.46. The predicted octanol–water partition coefficient (Wildman–Crippen LogP) is 3.89. The summed E-state index contributed by atoms with van der Waals surface area (Å²) in [6, 6.07) is 13.7. The number of methoxy groups -OCH3 is 1. The van der Waals surface area contributed by atoms with E-state index in [-0.39, 0.29) is 6.02 Å². The third-order valence-electron chi connectivity index (χ3n) is 3.45. The van der Waals surface area contributed by atoms with E-state index in [1.165, 1.54) is 7.11 Å². The summed E-state index contributed by atoms with van der Waals surface area (Å²) < 4.78 is 12.0. The minimum absolute atomic E-state index is 0.147. The van der Waals surface area contributed by atoms with Crippen molar-refractivity contribution in [1.82, 2.24) is 10.3 Å². The molecule has 0 spiro atoms. The monoisotopic (exact) mass is 352 g/mol. The molecular formula is C18H16N4O2S. The molecule has 0 radical (unpaired) electrons. The fourth-order valence-corrected chi connectivity index (χ4v) is 3.13. The number of rotatable bonds is 4. The molecule has 0 bridgehead atoms. The Labute approximate surface area is 149 Å². The van der Waals surface area contributed by atoms with Crippen molar-refractivity contribution in [2.45, 2.75) is 13.5 Å². The van der Waals surface area contributed by atoms with Gasteiger partial charge in [0.1, 0.15) is 17.4 Å². The lowest BCUT2D eigenvalue weighted by Crippen LogP contribution is -2.19. The number of hydrogen-bond acceptors (Lipinski definition) is 6. The van der Waals surface area contributed by atoms with E-state index < -0.39 is 0 Å². The molecule has 3 rings (SSSR count). The lowest BCUT2D eigenvalue weighted by Gasteiger charge is -2.08. The number of nitrogens with one attached hydrogen (secondary N) is 1. The van der Waals surface area contributed by atoms with Gasteiger partial charge in [-0.25, -0.2) is 10.3 Å². The van der Waals surface area contributed by atoms with Crippen LogP contribution in [0, 0.1) is 18.4 Å². The van der Waals surface area contributed by atoms with Crippen LogP contribution in [0.3, 0.4) is 0 Å². The maximum absolute atomic E-state index is 8.64. The highest BCUT2D eigenvalue weighted by Gasteiger charge is 2.06. The van der Waals surface area contributed by atoms with E-state index in [4.69, 9.17) is 14.7 Å². The van der Waals surface area contributed by atoms with Crippen molar-refractivity contribution in [1.29, 1.82) is 5.26 Å². The van der Waals surface area contributed by atoms with Gasteiger partial charge in [0.05, 0.1) is 23.0 Å². The molecule has 126 valence electrons. The minimum Gasteiger partial charge on any atom is -0.486 e. The normalized spacial score (nSPS) is 11.2. The number of aryl methyl sites for hydroxylation is 1. The molecule has 25 heavy (non-hydrogen) atoms. The minimum atomic E-state index is 0.147. The van der Waals surface area contributed by atoms with Crippen LogP contribution in [-0.4, -0.2) is 18.1 Å². The molecule has 1 N–H and O–H groups in total. The van der Waals surface area contributed by atoms with Crippen LogP contribution in [0.15, 0.2) is 47.5 Å². The van der Waals surface area contributed by atoms with E-state index in [1.54, 1.807) is 17.5 Å². The van der Waals surface area contributed by atoms with E-state index in [9.17, 15) is 0 Å². The summed E-state index contributed by atoms with van der Waals surface area (Å²) in [4.78, 5) is 8.80. The second-order valence-corrected chi connectivity index (χ2v) is 6.29. The van der Waals surface area contributed by atoms with Crippen LogP contribution in [-0.2, 0) is 11.3 Å². The number of fused-ring (bicyclic) bond motifs is 1. The first-order chi connectivity index (χ1) is 12.2. The van der Waals surface area contributed by atoms with Crippen molar-refractivity contribution in [3.63, 3.8) is 0 Å². The van der Waals surface area contributed by atoms with E-state index >= 15 is 0 Å². The average molecular weight is 352 g/mol. The van der Waals surface area contributed by atoms with Crippen LogP contribution in [0.5, 0.6) is 5.75 Å². The number of aromatic nitrogens is 1. The van der Waals surface area contributed by atoms with Crippen molar-refractivity contribution in [2.75, 3.05) is 7.11 Å². The summed E-state index contributed by atoms with van der Waals surface area (Å²) in [7, 11) is 1.45. The van der Waals surface area contributed by atoms with Crippen LogP contribution >= 0.6 is 11.3 Å². The zero-order valence-corrected chi connectivity index (χ0v) is 14.6. The summed E-state index contributed by atoms with van der Waals surface area (Å²) in [5.41, 5.74) is 2.60. The van der Waals surface area contributed by atoms with Gasteiger partial charge in [0.2, 0.25) is 0 Å². The Bertz CT molecular complexity index is 926. The van der Waals surface area contributed by atoms with E-state index in [0.717, 1.165) is 26.5 Å². The molecule has 0 aliphatic heterocycles. The lowest BCUT2D eigenvalue weighted by atomic mass is 10.2. The molecule has 0 fully saturated rings. The van der Waals surface area contributed by atoms with Crippen LogP contribution in [0.4, 0.5) is 5.69 Å². The standard InChI is InChI=1S/C18H16N4O2S/c1-12-9-13(7-8-14(12)22-18(23-2)20-11-19)24-10-17-21-15-5-3-4-6-16(15)25-17/h3-9H,10H2,1-2H3,(H,20,22). The van der Waals surface area contributed by atoms with Crippen molar-refractivity contribution >= 4 is 33.3 Å². The number of nitriles is 1. The SMILES string of the molecule is COC(=Nc1ccc(OCc2nc3ccccc3s2)cc1C)NC#N. The van der Waals surface area contributed by atoms with Crippen molar-refractivity contribution < 1.29 is 9.47 Å². The van der Waals surface area contributed by atoms with Crippen molar-refractivity contribution in [3.05, 3.63) is 53.0 Å². The molecule has 0 unspecified atom stereocenters. The zero-order valence-electron chi connectivity index (χ0n) is 13.8. The first kappa shape index (κ1) is 16.7. The largest absolute Gasteiger partial charge is 0.486 e. The molecule has 1 heterocycles. The molecule has 7 heteroatoms. The summed E-state index contributed by atoms with van der Waals surface area (Å²) in [5, 5.41) is 12.0. The summed E-state index contributed by atoms with van der Waals surface area (Å²) in [6.07, 6.45) is 1.78. The Morgan fingerprint density at radius 1 is 1.32 bits per heavy atom. The lowest BCUT2D eigenvalue weighted by molar-refractivity contribution is 0.305. The van der Waals surface area contributed by atoms with Gasteiger partial charge in [0.15, 0.2) is 6.19 Å². The quantitative estimate of drug-likeness (QED) is 0.333. The second kappa shape index (κ2) is 7.64. The highest BCUT2D eigenvalue weighted by atomic mass is 32.1. The molecule has 6 nitrogen and oxygen atoms in total. The second-order valence-electron chi connectivity index (χ2n) is 5.17. The smallest absolute Gasteiger partial charge is 0.303 e. The van der Waals surface area contributed by atoms with Gasteiger partial charge in [0.25, 0.3) is 0 Å². The highest BCUT2D eigenvalue weighted by molar-refractivity contribution is 7.18. The molecule has 0 saturated heterocycles. The maximum atomic E-state index is 8.64. The molecular weight excluding hydrogens is 336 g/mol. The third kappa shape index (κ3) is 4.05. The van der Waals surface area contributed by atoms with Gasteiger partial charge in [-0.1, -0.05) is 12.1 Å². The number of para-hydroxylation sites is 1. The number of amidine groups is 1. The molecule has 1 aromatic heterocycles. The topological polar surface area (TPSA) is 79.5 Å². The zero-order chi connectivity index (χ0) is 17.6. The predicted molar refractivity (Wildman–Crippen MR) is 98.0 cm³/mol. The first-order valence-corrected chi connectivity index (χ1v) is 8.37. The molecule has 0 aliphatic rings. The first-order valence-electron chi connectivity index (χ1n) is 7.55. The van der Waals surface area contributed by atoms with Crippen LogP contribution in [0.2, 0.25) is 0 Å². The Morgan fingerprint density at radius 3 is 2.88 bits per heavy atom. The van der Waals surface area contributed by atoms with E-state index in [1.807, 2.05) is 43.3 Å². The Hall–Kier alpha value is -3.11. The van der Waals surface area contributed by atoms with Gasteiger partial charge in [-0.15, -0.1) is 11.3 Å². The van der Waals surface area contributed by atoms with E-state index in [2.05, 4.69) is 21.4 Å². The van der Waals surface area contributed by atoms with Crippen LogP contribution in [0.25, 0.3) is 10.2 Å². The number of hydrogen-bond donors (Lipinski definition) is 1. The van der Waals surface area contributed by atoms with Crippen LogP contribution < -0.4 is 10.1 Å². The number of nitrogens with zero attached hydrogens (tertiary/aromatic N) is 3. The van der Waals surface area contributed by atoms with Gasteiger partial charge in [-0.2, -0.15) is 10.3 Å². The highest BCUT2D eigenvalue weighted by Crippen LogP contribution is 2.26. The van der Waals surface area contributed by atoms with Crippen LogP contribution in [0.1, 0.15) is 10.6 Å².